The van der Waals surface area contributed by atoms with Gasteiger partial charge in [-0.1, -0.05) is 42.3 Å². The van der Waals surface area contributed by atoms with Crippen molar-refractivity contribution < 1.29 is 9.59 Å². The lowest BCUT2D eigenvalue weighted by Gasteiger charge is -2.11. The number of hydrogen-bond donors (Lipinski definition) is 1. The molecule has 0 fully saturated rings. The minimum atomic E-state index is -0.278. The molecular weight excluding hydrogens is 321 g/mol. The number of carbonyl (C=O) groups excluding carboxylic acids is 2. The van der Waals surface area contributed by atoms with Crippen molar-refractivity contribution in [3.05, 3.63) is 63.6 Å². The van der Waals surface area contributed by atoms with Crippen LogP contribution in [0.5, 0.6) is 0 Å². The van der Waals surface area contributed by atoms with Gasteiger partial charge in [-0.2, -0.15) is 0 Å². The largest absolute Gasteiger partial charge is 0.325 e. The van der Waals surface area contributed by atoms with Gasteiger partial charge >= 0.3 is 0 Å². The Bertz CT molecular complexity index is 714. The summed E-state index contributed by atoms with van der Waals surface area (Å²) in [6.07, 6.45) is 1.12. The van der Waals surface area contributed by atoms with Crippen molar-refractivity contribution in [1.82, 2.24) is 0 Å². The SMILES string of the molecule is CCCC(=O)Nc1ccc(Cl)cc1C(=O)c1ccccc1Cl. The maximum absolute atomic E-state index is 12.7. The third-order valence-electron chi connectivity index (χ3n) is 3.10. The summed E-state index contributed by atoms with van der Waals surface area (Å²) in [5.41, 5.74) is 1.13. The quantitative estimate of drug-likeness (QED) is 0.784. The van der Waals surface area contributed by atoms with E-state index in [1.807, 2.05) is 6.92 Å². The minimum absolute atomic E-state index is 0.141. The topological polar surface area (TPSA) is 46.2 Å². The fourth-order valence-corrected chi connectivity index (χ4v) is 2.44. The molecule has 2 aromatic carbocycles. The molecule has 0 radical (unpaired) electrons. The van der Waals surface area contributed by atoms with Crippen LogP contribution in [0.1, 0.15) is 35.7 Å². The number of carbonyl (C=O) groups is 2. The second-order valence-electron chi connectivity index (χ2n) is 4.80. The van der Waals surface area contributed by atoms with E-state index >= 15 is 0 Å². The molecule has 2 aromatic rings. The Morgan fingerprint density at radius 1 is 1.05 bits per heavy atom. The van der Waals surface area contributed by atoms with Gasteiger partial charge in [0.25, 0.3) is 0 Å². The molecule has 1 N–H and O–H groups in total. The van der Waals surface area contributed by atoms with E-state index in [2.05, 4.69) is 5.32 Å². The summed E-state index contributed by atoms with van der Waals surface area (Å²) in [6, 6.07) is 11.6. The number of anilines is 1. The van der Waals surface area contributed by atoms with Gasteiger partial charge in [0, 0.05) is 22.6 Å². The van der Waals surface area contributed by atoms with Crippen LogP contribution in [0.25, 0.3) is 0 Å². The van der Waals surface area contributed by atoms with E-state index in [1.54, 1.807) is 36.4 Å². The number of rotatable bonds is 5. The number of hydrogen-bond acceptors (Lipinski definition) is 2. The maximum Gasteiger partial charge on any atom is 0.224 e. The number of nitrogens with one attached hydrogen (secondary N) is 1. The molecular formula is C17H15Cl2NO2. The Balaban J connectivity index is 2.41. The van der Waals surface area contributed by atoms with Gasteiger partial charge in [0.2, 0.25) is 5.91 Å². The molecule has 0 unspecified atom stereocenters. The van der Waals surface area contributed by atoms with Crippen molar-refractivity contribution in [3.8, 4) is 0 Å². The Morgan fingerprint density at radius 3 is 2.45 bits per heavy atom. The fourth-order valence-electron chi connectivity index (χ4n) is 2.04. The number of amides is 1. The zero-order valence-electron chi connectivity index (χ0n) is 12.0. The third kappa shape index (κ3) is 3.87. The van der Waals surface area contributed by atoms with Gasteiger partial charge < -0.3 is 5.32 Å². The summed E-state index contributed by atoms with van der Waals surface area (Å²) in [7, 11) is 0. The second kappa shape index (κ2) is 7.43. The summed E-state index contributed by atoms with van der Waals surface area (Å²) < 4.78 is 0. The van der Waals surface area contributed by atoms with Gasteiger partial charge in [-0.25, -0.2) is 0 Å². The molecule has 0 atom stereocenters. The summed E-state index contributed by atoms with van der Waals surface area (Å²) in [6.45, 7) is 1.91. The van der Waals surface area contributed by atoms with Crippen molar-refractivity contribution in [2.45, 2.75) is 19.8 Å². The Morgan fingerprint density at radius 2 is 1.77 bits per heavy atom. The van der Waals surface area contributed by atoms with E-state index in [9.17, 15) is 9.59 Å². The number of benzene rings is 2. The molecule has 3 nitrogen and oxygen atoms in total. The monoisotopic (exact) mass is 335 g/mol. The normalized spacial score (nSPS) is 10.3. The molecule has 0 aromatic heterocycles. The minimum Gasteiger partial charge on any atom is -0.325 e. The Kier molecular flexibility index (Phi) is 5.58. The molecule has 114 valence electrons. The average Bonchev–Trinajstić information content (AvgIpc) is 2.49. The first kappa shape index (κ1) is 16.5. The van der Waals surface area contributed by atoms with Crippen LogP contribution in [0.2, 0.25) is 10.0 Å². The molecule has 0 saturated carbocycles. The summed E-state index contributed by atoms with van der Waals surface area (Å²) in [5.74, 6) is -0.419. The highest BCUT2D eigenvalue weighted by Gasteiger charge is 2.17. The van der Waals surface area contributed by atoms with Crippen LogP contribution in [-0.4, -0.2) is 11.7 Å². The molecule has 0 heterocycles. The first-order chi connectivity index (χ1) is 10.5. The first-order valence-electron chi connectivity index (χ1n) is 6.91. The fraction of sp³-hybridized carbons (Fsp3) is 0.176. The summed E-state index contributed by atoms with van der Waals surface area (Å²) in [5, 5.41) is 3.53. The lowest BCUT2D eigenvalue weighted by molar-refractivity contribution is -0.116. The Labute approximate surface area is 139 Å². The Hall–Kier alpha value is -1.84. The lowest BCUT2D eigenvalue weighted by Crippen LogP contribution is -2.14. The van der Waals surface area contributed by atoms with Gasteiger partial charge in [0.1, 0.15) is 0 Å². The zero-order valence-corrected chi connectivity index (χ0v) is 13.5. The molecule has 2 rings (SSSR count). The van der Waals surface area contributed by atoms with Gasteiger partial charge in [-0.3, -0.25) is 9.59 Å². The molecule has 22 heavy (non-hydrogen) atoms. The summed E-state index contributed by atoms with van der Waals surface area (Å²) >= 11 is 12.1. The van der Waals surface area contributed by atoms with Crippen molar-refractivity contribution in [1.29, 1.82) is 0 Å². The van der Waals surface area contributed by atoms with Crippen molar-refractivity contribution in [2.75, 3.05) is 5.32 Å². The van der Waals surface area contributed by atoms with Crippen molar-refractivity contribution >= 4 is 40.6 Å². The number of ketones is 1. The van der Waals surface area contributed by atoms with E-state index in [0.717, 1.165) is 6.42 Å². The highest BCUT2D eigenvalue weighted by atomic mass is 35.5. The van der Waals surface area contributed by atoms with Crippen LogP contribution in [0.4, 0.5) is 5.69 Å². The average molecular weight is 336 g/mol. The van der Waals surface area contributed by atoms with E-state index in [-0.39, 0.29) is 11.7 Å². The summed E-state index contributed by atoms with van der Waals surface area (Å²) in [4.78, 5) is 24.5. The molecule has 0 aliphatic rings. The molecule has 0 spiro atoms. The smallest absolute Gasteiger partial charge is 0.224 e. The van der Waals surface area contributed by atoms with Crippen LogP contribution in [0.3, 0.4) is 0 Å². The molecule has 0 aliphatic carbocycles. The predicted molar refractivity (Wildman–Crippen MR) is 89.9 cm³/mol. The second-order valence-corrected chi connectivity index (χ2v) is 5.64. The lowest BCUT2D eigenvalue weighted by atomic mass is 10.0. The van der Waals surface area contributed by atoms with E-state index in [0.29, 0.717) is 33.3 Å². The molecule has 5 heteroatoms. The van der Waals surface area contributed by atoms with E-state index in [4.69, 9.17) is 23.2 Å². The van der Waals surface area contributed by atoms with Crippen molar-refractivity contribution in [2.24, 2.45) is 0 Å². The first-order valence-corrected chi connectivity index (χ1v) is 7.67. The van der Waals surface area contributed by atoms with Crippen LogP contribution in [-0.2, 0) is 4.79 Å². The van der Waals surface area contributed by atoms with Gasteiger partial charge in [-0.15, -0.1) is 0 Å². The van der Waals surface area contributed by atoms with Gasteiger partial charge in [0.15, 0.2) is 5.78 Å². The van der Waals surface area contributed by atoms with Gasteiger partial charge in [-0.05, 0) is 36.8 Å². The van der Waals surface area contributed by atoms with E-state index < -0.39 is 0 Å². The van der Waals surface area contributed by atoms with Crippen LogP contribution >= 0.6 is 23.2 Å². The molecule has 0 aliphatic heterocycles. The highest BCUT2D eigenvalue weighted by molar-refractivity contribution is 6.36. The van der Waals surface area contributed by atoms with Crippen LogP contribution in [0.15, 0.2) is 42.5 Å². The van der Waals surface area contributed by atoms with E-state index in [1.165, 1.54) is 6.07 Å². The molecule has 1 amide bonds. The number of halogens is 2. The van der Waals surface area contributed by atoms with Crippen molar-refractivity contribution in [3.63, 3.8) is 0 Å². The van der Waals surface area contributed by atoms with Crippen LogP contribution in [0, 0.1) is 0 Å². The maximum atomic E-state index is 12.7. The predicted octanol–water partition coefficient (Wildman–Crippen LogP) is 4.96. The molecule has 0 bridgehead atoms. The zero-order chi connectivity index (χ0) is 16.1. The highest BCUT2D eigenvalue weighted by Crippen LogP contribution is 2.26. The van der Waals surface area contributed by atoms with Crippen LogP contribution < -0.4 is 5.32 Å². The standard InChI is InChI=1S/C17H15Cl2NO2/c1-2-5-16(21)20-15-9-8-11(18)10-13(15)17(22)12-6-3-4-7-14(12)19/h3-4,6-10H,2,5H2,1H3,(H,20,21). The van der Waals surface area contributed by atoms with Gasteiger partial charge in [0.05, 0.1) is 10.7 Å². The third-order valence-corrected chi connectivity index (χ3v) is 3.66. The molecule has 0 saturated heterocycles.